The van der Waals surface area contributed by atoms with E-state index in [9.17, 15) is 23.1 Å². The summed E-state index contributed by atoms with van der Waals surface area (Å²) in [5.41, 5.74) is 0.734. The molecule has 1 aliphatic rings. The number of halogens is 3. The summed E-state index contributed by atoms with van der Waals surface area (Å²) in [7, 11) is 0. The van der Waals surface area contributed by atoms with Gasteiger partial charge < -0.3 is 15.2 Å². The van der Waals surface area contributed by atoms with E-state index in [0.29, 0.717) is 0 Å². The van der Waals surface area contributed by atoms with Crippen molar-refractivity contribution in [3.63, 3.8) is 0 Å². The third-order valence-corrected chi connectivity index (χ3v) is 4.54. The maximum Gasteiger partial charge on any atom is 0.416 e. The quantitative estimate of drug-likeness (QED) is 0.801. The van der Waals surface area contributed by atoms with E-state index in [1.54, 1.807) is 24.3 Å². The Labute approximate surface area is 145 Å². The van der Waals surface area contributed by atoms with Gasteiger partial charge in [0.15, 0.2) is 6.10 Å². The van der Waals surface area contributed by atoms with E-state index in [1.165, 1.54) is 0 Å². The summed E-state index contributed by atoms with van der Waals surface area (Å²) in [6, 6.07) is 7.45. The first-order chi connectivity index (χ1) is 11.9. The van der Waals surface area contributed by atoms with Crippen molar-refractivity contribution in [2.75, 3.05) is 0 Å². The predicted octanol–water partition coefficient (Wildman–Crippen LogP) is 4.18. The number of alkyl halides is 3. The van der Waals surface area contributed by atoms with Crippen LogP contribution in [-0.4, -0.2) is 29.5 Å². The average molecular weight is 359 g/mol. The van der Waals surface area contributed by atoms with Crippen LogP contribution < -0.4 is 5.32 Å². The lowest BCUT2D eigenvalue weighted by atomic mass is 9.83. The molecule has 25 heavy (non-hydrogen) atoms. The van der Waals surface area contributed by atoms with Crippen LogP contribution in [0.15, 0.2) is 30.3 Å². The van der Waals surface area contributed by atoms with Gasteiger partial charge in [-0.2, -0.15) is 13.2 Å². The number of aliphatic hydroxyl groups excluding tert-OH is 1. The van der Waals surface area contributed by atoms with Gasteiger partial charge in [-0.1, -0.05) is 62.4 Å². The molecule has 140 valence electrons. The van der Waals surface area contributed by atoms with Crippen LogP contribution in [-0.2, 0) is 11.3 Å². The molecule has 1 aromatic carbocycles. The first-order valence-electron chi connectivity index (χ1n) is 8.58. The van der Waals surface area contributed by atoms with E-state index < -0.39 is 24.4 Å². The summed E-state index contributed by atoms with van der Waals surface area (Å²) in [5.74, 6) is 0.0742. The van der Waals surface area contributed by atoms with E-state index in [4.69, 9.17) is 4.74 Å². The van der Waals surface area contributed by atoms with Crippen LogP contribution in [0.25, 0.3) is 0 Å². The summed E-state index contributed by atoms with van der Waals surface area (Å²) in [6.45, 7) is -0.0368. The maximum atomic E-state index is 12.9. The fraction of sp³-hybridized carbons (Fsp3) is 0.611. The molecule has 1 aliphatic carbocycles. The number of aliphatic hydroxyl groups is 1. The number of carbonyl (C=O) groups is 1. The lowest BCUT2D eigenvalue weighted by Crippen LogP contribution is -2.51. The second-order valence-electron chi connectivity index (χ2n) is 6.54. The molecule has 2 N–H and O–H groups in total. The molecule has 2 rings (SSSR count). The Morgan fingerprint density at radius 3 is 2.44 bits per heavy atom. The molecule has 0 saturated heterocycles. The second-order valence-corrected chi connectivity index (χ2v) is 6.54. The van der Waals surface area contributed by atoms with Gasteiger partial charge in [-0.25, -0.2) is 4.79 Å². The minimum atomic E-state index is -4.79. The van der Waals surface area contributed by atoms with E-state index in [2.05, 4.69) is 5.32 Å². The highest BCUT2D eigenvalue weighted by Gasteiger charge is 2.45. The lowest BCUT2D eigenvalue weighted by Gasteiger charge is -2.30. The summed E-state index contributed by atoms with van der Waals surface area (Å²) in [5, 5.41) is 11.8. The Hall–Kier alpha value is -1.76. The molecule has 0 spiro atoms. The number of alkyl carbamates (subject to hydrolysis) is 1. The van der Waals surface area contributed by atoms with Crippen LogP contribution >= 0.6 is 0 Å². The topological polar surface area (TPSA) is 58.6 Å². The molecule has 4 nitrogen and oxygen atoms in total. The van der Waals surface area contributed by atoms with E-state index in [0.717, 1.165) is 37.7 Å². The predicted molar refractivity (Wildman–Crippen MR) is 86.8 cm³/mol. The van der Waals surface area contributed by atoms with Crippen LogP contribution in [0.1, 0.15) is 44.1 Å². The zero-order valence-corrected chi connectivity index (χ0v) is 14.0. The number of hydrogen-bond donors (Lipinski definition) is 2. The van der Waals surface area contributed by atoms with E-state index >= 15 is 0 Å². The molecule has 0 bridgehead atoms. The number of hydrogen-bond acceptors (Lipinski definition) is 3. The Morgan fingerprint density at radius 1 is 1.20 bits per heavy atom. The minimum absolute atomic E-state index is 0.0368. The van der Waals surface area contributed by atoms with Crippen molar-refractivity contribution in [3.05, 3.63) is 35.9 Å². The van der Waals surface area contributed by atoms with Crippen LogP contribution in [0, 0.1) is 5.92 Å². The van der Waals surface area contributed by atoms with Crippen molar-refractivity contribution in [3.8, 4) is 0 Å². The average Bonchev–Trinajstić information content (AvgIpc) is 2.60. The van der Waals surface area contributed by atoms with Crippen molar-refractivity contribution in [1.29, 1.82) is 0 Å². The van der Waals surface area contributed by atoms with Gasteiger partial charge in [0.2, 0.25) is 0 Å². The van der Waals surface area contributed by atoms with Crippen molar-refractivity contribution in [2.45, 2.75) is 63.5 Å². The molecule has 2 unspecified atom stereocenters. The number of carbonyl (C=O) groups excluding carboxylic acids is 1. The highest BCUT2D eigenvalue weighted by atomic mass is 19.4. The zero-order chi connectivity index (χ0) is 18.3. The number of nitrogens with one attached hydrogen (secondary N) is 1. The molecule has 1 amide bonds. The van der Waals surface area contributed by atoms with Gasteiger partial charge in [-0.05, 0) is 17.9 Å². The molecule has 1 fully saturated rings. The standard InChI is InChI=1S/C18H24F3NO3/c19-18(20,21)16(23)15(11-13-7-3-1-4-8-13)22-17(24)25-12-14-9-5-2-6-10-14/h2,5-6,9-10,13,15-16,23H,1,3-4,7-8,11-12H2,(H,22,24). The summed E-state index contributed by atoms with van der Waals surface area (Å²) >= 11 is 0. The molecule has 2 atom stereocenters. The number of benzene rings is 1. The van der Waals surface area contributed by atoms with Crippen molar-refractivity contribution < 1.29 is 27.8 Å². The van der Waals surface area contributed by atoms with E-state index in [1.807, 2.05) is 6.07 Å². The largest absolute Gasteiger partial charge is 0.445 e. The maximum absolute atomic E-state index is 12.9. The lowest BCUT2D eigenvalue weighted by molar-refractivity contribution is -0.212. The highest BCUT2D eigenvalue weighted by molar-refractivity contribution is 5.67. The normalized spacial score (nSPS) is 18.4. The van der Waals surface area contributed by atoms with Gasteiger partial charge in [-0.15, -0.1) is 0 Å². The Morgan fingerprint density at radius 2 is 1.84 bits per heavy atom. The molecular weight excluding hydrogens is 335 g/mol. The van der Waals surface area contributed by atoms with Crippen LogP contribution in [0.4, 0.5) is 18.0 Å². The Bertz CT molecular complexity index is 530. The van der Waals surface area contributed by atoms with Crippen molar-refractivity contribution >= 4 is 6.09 Å². The van der Waals surface area contributed by atoms with Gasteiger partial charge in [0, 0.05) is 0 Å². The molecule has 0 radical (unpaired) electrons. The van der Waals surface area contributed by atoms with Crippen LogP contribution in [0.3, 0.4) is 0 Å². The number of ether oxygens (including phenoxy) is 1. The first kappa shape index (κ1) is 19.6. The van der Waals surface area contributed by atoms with Gasteiger partial charge >= 0.3 is 12.3 Å². The summed E-state index contributed by atoms with van der Waals surface area (Å²) < 4.78 is 43.7. The third kappa shape index (κ3) is 6.57. The molecule has 7 heteroatoms. The van der Waals surface area contributed by atoms with Crippen LogP contribution in [0.2, 0.25) is 0 Å². The van der Waals surface area contributed by atoms with Crippen molar-refractivity contribution in [2.24, 2.45) is 5.92 Å². The SMILES string of the molecule is O=C(NC(CC1CCCCC1)C(O)C(F)(F)F)OCc1ccccc1. The first-order valence-corrected chi connectivity index (χ1v) is 8.58. The highest BCUT2D eigenvalue weighted by Crippen LogP contribution is 2.31. The molecule has 0 aliphatic heterocycles. The zero-order valence-electron chi connectivity index (χ0n) is 14.0. The molecule has 0 heterocycles. The van der Waals surface area contributed by atoms with E-state index in [-0.39, 0.29) is 18.9 Å². The third-order valence-electron chi connectivity index (χ3n) is 4.54. The van der Waals surface area contributed by atoms with Gasteiger partial charge in [0.05, 0.1) is 6.04 Å². The van der Waals surface area contributed by atoms with Gasteiger partial charge in [-0.3, -0.25) is 0 Å². The monoisotopic (exact) mass is 359 g/mol. The fourth-order valence-electron chi connectivity index (χ4n) is 3.19. The summed E-state index contributed by atoms with van der Waals surface area (Å²) in [4.78, 5) is 11.9. The smallest absolute Gasteiger partial charge is 0.416 e. The molecule has 1 aromatic rings. The minimum Gasteiger partial charge on any atom is -0.445 e. The molecular formula is C18H24F3NO3. The number of rotatable bonds is 6. The number of amides is 1. The van der Waals surface area contributed by atoms with Gasteiger partial charge in [0.1, 0.15) is 6.61 Å². The van der Waals surface area contributed by atoms with Crippen molar-refractivity contribution in [1.82, 2.24) is 5.32 Å². The molecule has 1 saturated carbocycles. The fourth-order valence-corrected chi connectivity index (χ4v) is 3.19. The van der Waals surface area contributed by atoms with Gasteiger partial charge in [0.25, 0.3) is 0 Å². The Balaban J connectivity index is 1.92. The second kappa shape index (κ2) is 9.08. The van der Waals surface area contributed by atoms with Crippen LogP contribution in [0.5, 0.6) is 0 Å². The molecule has 0 aromatic heterocycles. The summed E-state index contributed by atoms with van der Waals surface area (Å²) in [6.07, 6.45) is -3.57. The Kier molecular flexibility index (Phi) is 7.11.